The van der Waals surface area contributed by atoms with Crippen molar-refractivity contribution in [3.63, 3.8) is 0 Å². The standard InChI is InChI=1S/C13H25N3O2S/c1-19-10-6-11(14)13(18)15-7-5-12(17)16-8-3-2-4-9-16/h11H,2-10,14H2,1H3,(H,15,18)/t11-/m0/s1. The highest BCUT2D eigenvalue weighted by Crippen LogP contribution is 2.09. The van der Waals surface area contributed by atoms with Crippen molar-refractivity contribution in [3.05, 3.63) is 0 Å². The van der Waals surface area contributed by atoms with Crippen LogP contribution in [-0.4, -0.2) is 54.4 Å². The zero-order valence-electron chi connectivity index (χ0n) is 11.7. The molecule has 0 spiro atoms. The van der Waals surface area contributed by atoms with Gasteiger partial charge in [-0.3, -0.25) is 9.59 Å². The van der Waals surface area contributed by atoms with E-state index in [-0.39, 0.29) is 11.8 Å². The lowest BCUT2D eigenvalue weighted by Gasteiger charge is -2.26. The number of amides is 2. The minimum Gasteiger partial charge on any atom is -0.354 e. The van der Waals surface area contributed by atoms with Gasteiger partial charge >= 0.3 is 0 Å². The summed E-state index contributed by atoms with van der Waals surface area (Å²) in [5, 5.41) is 2.74. The summed E-state index contributed by atoms with van der Waals surface area (Å²) in [5.41, 5.74) is 5.74. The number of rotatable bonds is 7. The molecule has 1 aliphatic rings. The van der Waals surface area contributed by atoms with E-state index in [1.807, 2.05) is 11.2 Å². The Balaban J connectivity index is 2.14. The van der Waals surface area contributed by atoms with Crippen LogP contribution in [0.5, 0.6) is 0 Å². The van der Waals surface area contributed by atoms with Gasteiger partial charge < -0.3 is 16.0 Å². The third-order valence-corrected chi connectivity index (χ3v) is 3.96. The van der Waals surface area contributed by atoms with E-state index in [1.54, 1.807) is 11.8 Å². The number of nitrogens with one attached hydrogen (secondary N) is 1. The molecule has 0 unspecified atom stereocenters. The van der Waals surface area contributed by atoms with Crippen LogP contribution in [-0.2, 0) is 9.59 Å². The van der Waals surface area contributed by atoms with Crippen molar-refractivity contribution in [3.8, 4) is 0 Å². The molecule has 0 aromatic carbocycles. The molecule has 1 rings (SSSR count). The average molecular weight is 287 g/mol. The zero-order valence-corrected chi connectivity index (χ0v) is 12.5. The maximum absolute atomic E-state index is 11.9. The lowest BCUT2D eigenvalue weighted by Crippen LogP contribution is -2.43. The Labute approximate surface area is 119 Å². The lowest BCUT2D eigenvalue weighted by molar-refractivity contribution is -0.132. The highest BCUT2D eigenvalue weighted by molar-refractivity contribution is 7.98. The third kappa shape index (κ3) is 6.29. The first-order valence-electron chi connectivity index (χ1n) is 6.95. The second kappa shape index (κ2) is 9.20. The molecule has 1 fully saturated rings. The largest absolute Gasteiger partial charge is 0.354 e. The summed E-state index contributed by atoms with van der Waals surface area (Å²) >= 11 is 1.67. The number of piperidine rings is 1. The van der Waals surface area contributed by atoms with Gasteiger partial charge in [-0.2, -0.15) is 11.8 Å². The molecule has 1 heterocycles. The van der Waals surface area contributed by atoms with Crippen LogP contribution in [0.3, 0.4) is 0 Å². The normalized spacial score (nSPS) is 17.1. The predicted octanol–water partition coefficient (Wildman–Crippen LogP) is 0.586. The first-order valence-corrected chi connectivity index (χ1v) is 8.34. The molecule has 0 saturated carbocycles. The fourth-order valence-electron chi connectivity index (χ4n) is 2.10. The van der Waals surface area contributed by atoms with Gasteiger partial charge in [-0.25, -0.2) is 0 Å². The molecule has 3 N–H and O–H groups in total. The maximum Gasteiger partial charge on any atom is 0.236 e. The lowest BCUT2D eigenvalue weighted by atomic mass is 10.1. The SMILES string of the molecule is CSCC[C@H](N)C(=O)NCCC(=O)N1CCCCC1. The van der Waals surface area contributed by atoms with E-state index >= 15 is 0 Å². The van der Waals surface area contributed by atoms with Crippen molar-refractivity contribution >= 4 is 23.6 Å². The molecule has 0 aromatic heterocycles. The summed E-state index contributed by atoms with van der Waals surface area (Å²) in [6, 6.07) is -0.461. The van der Waals surface area contributed by atoms with Gasteiger partial charge in [0.05, 0.1) is 6.04 Å². The van der Waals surface area contributed by atoms with Crippen LogP contribution in [0.1, 0.15) is 32.1 Å². The molecule has 1 aliphatic heterocycles. The second-order valence-corrected chi connectivity index (χ2v) is 5.86. The molecule has 2 amide bonds. The third-order valence-electron chi connectivity index (χ3n) is 3.32. The second-order valence-electron chi connectivity index (χ2n) is 4.87. The fraction of sp³-hybridized carbons (Fsp3) is 0.846. The van der Waals surface area contributed by atoms with Crippen molar-refractivity contribution in [1.82, 2.24) is 10.2 Å². The molecule has 110 valence electrons. The summed E-state index contributed by atoms with van der Waals surface area (Å²) in [4.78, 5) is 25.4. The number of carbonyl (C=O) groups excluding carboxylic acids is 2. The molecule has 0 radical (unpaired) electrons. The van der Waals surface area contributed by atoms with Crippen LogP contribution >= 0.6 is 11.8 Å². The summed E-state index contributed by atoms with van der Waals surface area (Å²) in [5.74, 6) is 0.861. The number of nitrogens with zero attached hydrogens (tertiary/aromatic N) is 1. The Hall–Kier alpha value is -0.750. The number of thioether (sulfide) groups is 1. The molecule has 1 atom stereocenters. The van der Waals surface area contributed by atoms with Crippen molar-refractivity contribution in [2.45, 2.75) is 38.1 Å². The quantitative estimate of drug-likeness (QED) is 0.718. The van der Waals surface area contributed by atoms with Gasteiger partial charge in [-0.1, -0.05) is 0 Å². The highest BCUT2D eigenvalue weighted by Gasteiger charge is 2.17. The molecule has 6 heteroatoms. The zero-order chi connectivity index (χ0) is 14.1. The molecule has 19 heavy (non-hydrogen) atoms. The van der Waals surface area contributed by atoms with Crippen molar-refractivity contribution < 1.29 is 9.59 Å². The number of nitrogens with two attached hydrogens (primary N) is 1. The van der Waals surface area contributed by atoms with E-state index in [0.717, 1.165) is 31.7 Å². The minimum atomic E-state index is -0.461. The fourth-order valence-corrected chi connectivity index (χ4v) is 2.59. The van der Waals surface area contributed by atoms with Gasteiger partial charge in [0.1, 0.15) is 0 Å². The first kappa shape index (κ1) is 16.3. The first-order chi connectivity index (χ1) is 9.15. The molecule has 5 nitrogen and oxygen atoms in total. The summed E-state index contributed by atoms with van der Waals surface area (Å²) in [7, 11) is 0. The maximum atomic E-state index is 11.9. The summed E-state index contributed by atoms with van der Waals surface area (Å²) in [6.45, 7) is 2.11. The van der Waals surface area contributed by atoms with Crippen LogP contribution < -0.4 is 11.1 Å². The van der Waals surface area contributed by atoms with E-state index in [0.29, 0.717) is 19.4 Å². The van der Waals surface area contributed by atoms with E-state index in [1.165, 1.54) is 6.42 Å². The monoisotopic (exact) mass is 287 g/mol. The Bertz CT molecular complexity index is 294. The number of hydrogen-bond donors (Lipinski definition) is 2. The van der Waals surface area contributed by atoms with Gasteiger partial charge in [-0.05, 0) is 37.7 Å². The van der Waals surface area contributed by atoms with Gasteiger partial charge in [-0.15, -0.1) is 0 Å². The number of carbonyl (C=O) groups is 2. The van der Waals surface area contributed by atoms with Gasteiger partial charge in [0, 0.05) is 26.1 Å². The molecule has 0 aromatic rings. The van der Waals surface area contributed by atoms with Gasteiger partial charge in [0.25, 0.3) is 0 Å². The van der Waals surface area contributed by atoms with Crippen LogP contribution in [0.2, 0.25) is 0 Å². The highest BCUT2D eigenvalue weighted by atomic mass is 32.2. The molecular formula is C13H25N3O2S. The topological polar surface area (TPSA) is 75.4 Å². The molecular weight excluding hydrogens is 262 g/mol. The number of likely N-dealkylation sites (tertiary alicyclic amines) is 1. The van der Waals surface area contributed by atoms with Crippen molar-refractivity contribution in [2.24, 2.45) is 5.73 Å². The van der Waals surface area contributed by atoms with Crippen molar-refractivity contribution in [1.29, 1.82) is 0 Å². The van der Waals surface area contributed by atoms with Crippen LogP contribution in [0.15, 0.2) is 0 Å². The Kier molecular flexibility index (Phi) is 7.90. The van der Waals surface area contributed by atoms with Crippen LogP contribution in [0.25, 0.3) is 0 Å². The van der Waals surface area contributed by atoms with Gasteiger partial charge in [0.2, 0.25) is 11.8 Å². The van der Waals surface area contributed by atoms with Crippen LogP contribution in [0.4, 0.5) is 0 Å². The molecule has 0 bridgehead atoms. The van der Waals surface area contributed by atoms with E-state index in [4.69, 9.17) is 5.73 Å². The van der Waals surface area contributed by atoms with Crippen molar-refractivity contribution in [2.75, 3.05) is 31.6 Å². The minimum absolute atomic E-state index is 0.137. The summed E-state index contributed by atoms with van der Waals surface area (Å²) < 4.78 is 0. The smallest absolute Gasteiger partial charge is 0.236 e. The van der Waals surface area contributed by atoms with E-state index in [9.17, 15) is 9.59 Å². The Morgan fingerprint density at radius 2 is 2.00 bits per heavy atom. The van der Waals surface area contributed by atoms with Crippen LogP contribution in [0, 0.1) is 0 Å². The average Bonchev–Trinajstić information content (AvgIpc) is 2.45. The number of hydrogen-bond acceptors (Lipinski definition) is 4. The van der Waals surface area contributed by atoms with E-state index < -0.39 is 6.04 Å². The summed E-state index contributed by atoms with van der Waals surface area (Å²) in [6.07, 6.45) is 6.44. The van der Waals surface area contributed by atoms with Gasteiger partial charge in [0.15, 0.2) is 0 Å². The predicted molar refractivity (Wildman–Crippen MR) is 79.0 cm³/mol. The molecule has 0 aliphatic carbocycles. The Morgan fingerprint density at radius 1 is 1.32 bits per heavy atom. The Morgan fingerprint density at radius 3 is 2.63 bits per heavy atom. The van der Waals surface area contributed by atoms with E-state index in [2.05, 4.69) is 5.32 Å². The molecule has 1 saturated heterocycles.